The van der Waals surface area contributed by atoms with Gasteiger partial charge in [0, 0.05) is 0 Å². The molecule has 2 aromatic rings. The van der Waals surface area contributed by atoms with E-state index in [9.17, 15) is 0 Å². The van der Waals surface area contributed by atoms with Gasteiger partial charge in [0.1, 0.15) is 0 Å². The largest absolute Gasteiger partial charge is 0.333 e. The number of aryl methyl sites for hydroxylation is 2. The van der Waals surface area contributed by atoms with Gasteiger partial charge in [0.15, 0.2) is 0 Å². The first kappa shape index (κ1) is 17.4. The highest BCUT2D eigenvalue weighted by Gasteiger charge is 1.93. The van der Waals surface area contributed by atoms with Gasteiger partial charge in [0.05, 0.1) is 0 Å². The molecule has 0 saturated heterocycles. The zero-order valence-electron chi connectivity index (χ0n) is 12.0. The Morgan fingerprint density at radius 2 is 0.895 bits per heavy atom. The second-order valence-electron chi connectivity index (χ2n) is 3.82. The summed E-state index contributed by atoms with van der Waals surface area (Å²) in [5.41, 5.74) is 11.9. The molecular formula is C17H26N2. The van der Waals surface area contributed by atoms with Gasteiger partial charge in [0.25, 0.3) is 0 Å². The van der Waals surface area contributed by atoms with Crippen molar-refractivity contribution in [3.8, 4) is 0 Å². The molecule has 0 fully saturated rings. The molecule has 0 aromatic heterocycles. The average molecular weight is 258 g/mol. The minimum Gasteiger partial charge on any atom is -0.333 e. The lowest BCUT2D eigenvalue weighted by atomic mass is 10.0. The van der Waals surface area contributed by atoms with E-state index in [2.05, 4.69) is 72.1 Å². The summed E-state index contributed by atoms with van der Waals surface area (Å²) in [5, 5.41) is 0. The molecule has 0 bridgehead atoms. The summed E-state index contributed by atoms with van der Waals surface area (Å²) in [7, 11) is 3.00. The smallest absolute Gasteiger partial charge is 0.0195 e. The van der Waals surface area contributed by atoms with Crippen molar-refractivity contribution in [1.29, 1.82) is 0 Å². The lowest BCUT2D eigenvalue weighted by molar-refractivity contribution is 0.821. The first-order valence-electron chi connectivity index (χ1n) is 6.68. The van der Waals surface area contributed by atoms with Crippen LogP contribution >= 0.6 is 0 Å². The summed E-state index contributed by atoms with van der Waals surface area (Å²) < 4.78 is 0. The van der Waals surface area contributed by atoms with Crippen LogP contribution in [0.3, 0.4) is 0 Å². The third-order valence-electron chi connectivity index (χ3n) is 2.62. The Kier molecular flexibility index (Phi) is 11.7. The highest BCUT2D eigenvalue weighted by molar-refractivity contribution is 5.17. The molecule has 2 heteroatoms. The molecule has 0 atom stereocenters. The van der Waals surface area contributed by atoms with E-state index in [1.54, 1.807) is 0 Å². The van der Waals surface area contributed by atoms with Crippen LogP contribution in [0.15, 0.2) is 60.7 Å². The maximum Gasteiger partial charge on any atom is -0.0195 e. The molecule has 104 valence electrons. The average Bonchev–Trinajstić information content (AvgIpc) is 2.53. The summed E-state index contributed by atoms with van der Waals surface area (Å²) in [5.74, 6) is 0. The van der Waals surface area contributed by atoms with E-state index < -0.39 is 0 Å². The first-order valence-corrected chi connectivity index (χ1v) is 6.68. The van der Waals surface area contributed by atoms with E-state index >= 15 is 0 Å². The molecule has 0 aliphatic carbocycles. The zero-order valence-corrected chi connectivity index (χ0v) is 12.0. The van der Waals surface area contributed by atoms with Gasteiger partial charge in [-0.25, -0.2) is 0 Å². The van der Waals surface area contributed by atoms with Crippen molar-refractivity contribution in [2.24, 2.45) is 11.5 Å². The standard InChI is InChI=1S/C15H16.2CH5N/c1-3-8-14(9-4-1)12-7-13-15-10-5-2-6-11-15;2*1-2/h1-6,8-11H,7,12-13H2;2*2H2,1H3. The number of rotatable bonds is 4. The topological polar surface area (TPSA) is 52.0 Å². The molecule has 0 aliphatic heterocycles. The van der Waals surface area contributed by atoms with E-state index in [1.165, 1.54) is 44.5 Å². The van der Waals surface area contributed by atoms with Crippen LogP contribution in [0.5, 0.6) is 0 Å². The van der Waals surface area contributed by atoms with Gasteiger partial charge >= 0.3 is 0 Å². The molecule has 0 unspecified atom stereocenters. The predicted octanol–water partition coefficient (Wildman–Crippen LogP) is 3.01. The summed E-state index contributed by atoms with van der Waals surface area (Å²) in [4.78, 5) is 0. The molecule has 0 heterocycles. The minimum absolute atomic E-state index is 1.18. The van der Waals surface area contributed by atoms with Gasteiger partial charge in [-0.2, -0.15) is 0 Å². The Hall–Kier alpha value is -1.64. The Bertz CT molecular complexity index is 345. The second-order valence-corrected chi connectivity index (χ2v) is 3.82. The van der Waals surface area contributed by atoms with Crippen molar-refractivity contribution in [3.05, 3.63) is 71.8 Å². The Morgan fingerprint density at radius 3 is 1.21 bits per heavy atom. The van der Waals surface area contributed by atoms with Crippen molar-refractivity contribution in [3.63, 3.8) is 0 Å². The monoisotopic (exact) mass is 258 g/mol. The van der Waals surface area contributed by atoms with Crippen molar-refractivity contribution in [2.45, 2.75) is 19.3 Å². The molecule has 0 radical (unpaired) electrons. The Morgan fingerprint density at radius 1 is 0.579 bits per heavy atom. The summed E-state index contributed by atoms with van der Waals surface area (Å²) in [6.07, 6.45) is 3.58. The van der Waals surface area contributed by atoms with E-state index in [4.69, 9.17) is 0 Å². The van der Waals surface area contributed by atoms with Crippen LogP contribution in [0.2, 0.25) is 0 Å². The molecule has 2 rings (SSSR count). The number of hydrogen-bond acceptors (Lipinski definition) is 2. The minimum atomic E-state index is 1.18. The van der Waals surface area contributed by atoms with E-state index in [-0.39, 0.29) is 0 Å². The Labute approximate surface area is 117 Å². The van der Waals surface area contributed by atoms with Crippen molar-refractivity contribution >= 4 is 0 Å². The van der Waals surface area contributed by atoms with Gasteiger partial charge in [-0.1, -0.05) is 60.7 Å². The molecule has 4 N–H and O–H groups in total. The quantitative estimate of drug-likeness (QED) is 0.885. The number of nitrogens with two attached hydrogens (primary N) is 2. The predicted molar refractivity (Wildman–Crippen MR) is 85.1 cm³/mol. The molecule has 0 spiro atoms. The van der Waals surface area contributed by atoms with Crippen LogP contribution in [0, 0.1) is 0 Å². The molecule has 0 amide bonds. The third kappa shape index (κ3) is 8.14. The van der Waals surface area contributed by atoms with Crippen molar-refractivity contribution < 1.29 is 0 Å². The molecule has 2 aromatic carbocycles. The summed E-state index contributed by atoms with van der Waals surface area (Å²) in [6, 6.07) is 21.4. The normalized spacial score (nSPS) is 8.63. The molecule has 19 heavy (non-hydrogen) atoms. The fraction of sp³-hybridized carbons (Fsp3) is 0.294. The third-order valence-corrected chi connectivity index (χ3v) is 2.62. The van der Waals surface area contributed by atoms with Crippen LogP contribution in [0.1, 0.15) is 17.5 Å². The molecule has 2 nitrogen and oxygen atoms in total. The maximum absolute atomic E-state index is 4.50. The van der Waals surface area contributed by atoms with Gasteiger partial charge in [-0.15, -0.1) is 0 Å². The van der Waals surface area contributed by atoms with Crippen molar-refractivity contribution in [2.75, 3.05) is 14.1 Å². The van der Waals surface area contributed by atoms with Crippen LogP contribution in [-0.2, 0) is 12.8 Å². The van der Waals surface area contributed by atoms with E-state index in [0.29, 0.717) is 0 Å². The highest BCUT2D eigenvalue weighted by Crippen LogP contribution is 2.07. The fourth-order valence-corrected chi connectivity index (χ4v) is 1.79. The van der Waals surface area contributed by atoms with Gasteiger partial charge < -0.3 is 11.5 Å². The van der Waals surface area contributed by atoms with Crippen molar-refractivity contribution in [1.82, 2.24) is 0 Å². The maximum atomic E-state index is 4.50. The van der Waals surface area contributed by atoms with E-state index in [0.717, 1.165) is 0 Å². The zero-order chi connectivity index (χ0) is 14.3. The lowest BCUT2D eigenvalue weighted by Gasteiger charge is -2.01. The molecule has 0 saturated carbocycles. The fourth-order valence-electron chi connectivity index (χ4n) is 1.79. The SMILES string of the molecule is CN.CN.c1ccc(CCCc2ccccc2)cc1. The molecular weight excluding hydrogens is 232 g/mol. The second kappa shape index (κ2) is 12.8. The van der Waals surface area contributed by atoms with Gasteiger partial charge in [-0.3, -0.25) is 0 Å². The first-order chi connectivity index (χ1) is 9.45. The van der Waals surface area contributed by atoms with Gasteiger partial charge in [-0.05, 0) is 44.5 Å². The Balaban J connectivity index is 0.000000741. The van der Waals surface area contributed by atoms with Crippen LogP contribution in [0.25, 0.3) is 0 Å². The lowest BCUT2D eigenvalue weighted by Crippen LogP contribution is -1.89. The summed E-state index contributed by atoms with van der Waals surface area (Å²) in [6.45, 7) is 0. The van der Waals surface area contributed by atoms with Crippen LogP contribution in [0.4, 0.5) is 0 Å². The van der Waals surface area contributed by atoms with E-state index in [1.807, 2.05) is 0 Å². The molecule has 0 aliphatic rings. The van der Waals surface area contributed by atoms with Crippen LogP contribution < -0.4 is 11.5 Å². The number of benzene rings is 2. The number of hydrogen-bond donors (Lipinski definition) is 2. The van der Waals surface area contributed by atoms with Gasteiger partial charge in [0.2, 0.25) is 0 Å². The summed E-state index contributed by atoms with van der Waals surface area (Å²) >= 11 is 0. The highest BCUT2D eigenvalue weighted by atomic mass is 14.4. The van der Waals surface area contributed by atoms with Crippen LogP contribution in [-0.4, -0.2) is 14.1 Å².